The summed E-state index contributed by atoms with van der Waals surface area (Å²) in [5.41, 5.74) is 0. The summed E-state index contributed by atoms with van der Waals surface area (Å²) in [5, 5.41) is 11.8. The second kappa shape index (κ2) is 6.75. The molecule has 2 amide bonds. The highest BCUT2D eigenvalue weighted by molar-refractivity contribution is 5.77. The Morgan fingerprint density at radius 3 is 2.53 bits per heavy atom. The van der Waals surface area contributed by atoms with Crippen LogP contribution in [0.25, 0.3) is 0 Å². The van der Waals surface area contributed by atoms with Crippen LogP contribution in [0.1, 0.15) is 27.2 Å². The third-order valence-electron chi connectivity index (χ3n) is 3.50. The van der Waals surface area contributed by atoms with E-state index in [2.05, 4.69) is 19.2 Å². The number of ether oxygens (including phenoxy) is 1. The SMILES string of the molecule is CC(C)CC(C)N(C)C(=O)NC1COCC1C(=O)O. The number of hydrogen-bond acceptors (Lipinski definition) is 3. The maximum Gasteiger partial charge on any atom is 0.317 e. The van der Waals surface area contributed by atoms with Crippen LogP contribution in [0.3, 0.4) is 0 Å². The summed E-state index contributed by atoms with van der Waals surface area (Å²) in [6.45, 7) is 6.61. The summed E-state index contributed by atoms with van der Waals surface area (Å²) in [6, 6.07) is -0.570. The van der Waals surface area contributed by atoms with Gasteiger partial charge in [-0.25, -0.2) is 4.79 Å². The fourth-order valence-corrected chi connectivity index (χ4v) is 2.24. The minimum Gasteiger partial charge on any atom is -0.481 e. The number of carboxylic acid groups (broad SMARTS) is 1. The highest BCUT2D eigenvalue weighted by Gasteiger charge is 2.35. The van der Waals surface area contributed by atoms with Crippen LogP contribution in [0, 0.1) is 11.8 Å². The second-order valence-electron chi connectivity index (χ2n) is 5.63. The van der Waals surface area contributed by atoms with Crippen molar-refractivity contribution in [3.05, 3.63) is 0 Å². The molecule has 1 heterocycles. The Kier molecular flexibility index (Phi) is 5.60. The van der Waals surface area contributed by atoms with Gasteiger partial charge in [0.15, 0.2) is 0 Å². The second-order valence-corrected chi connectivity index (χ2v) is 5.63. The summed E-state index contributed by atoms with van der Waals surface area (Å²) < 4.78 is 5.12. The number of carboxylic acids is 1. The molecule has 0 bridgehead atoms. The number of nitrogens with zero attached hydrogens (tertiary/aromatic N) is 1. The van der Waals surface area contributed by atoms with Crippen molar-refractivity contribution in [3.8, 4) is 0 Å². The summed E-state index contributed by atoms with van der Waals surface area (Å²) in [7, 11) is 1.73. The van der Waals surface area contributed by atoms with Gasteiger partial charge in [-0.05, 0) is 19.3 Å². The first-order valence-electron chi connectivity index (χ1n) is 6.66. The molecule has 3 unspecified atom stereocenters. The minimum atomic E-state index is -0.930. The maximum absolute atomic E-state index is 12.1. The van der Waals surface area contributed by atoms with Gasteiger partial charge in [0, 0.05) is 13.1 Å². The topological polar surface area (TPSA) is 78.9 Å². The van der Waals surface area contributed by atoms with E-state index < -0.39 is 17.9 Å². The lowest BCUT2D eigenvalue weighted by molar-refractivity contribution is -0.142. The van der Waals surface area contributed by atoms with E-state index in [0.717, 1.165) is 6.42 Å². The number of aliphatic carboxylic acids is 1. The number of urea groups is 1. The van der Waals surface area contributed by atoms with Crippen molar-refractivity contribution in [3.63, 3.8) is 0 Å². The van der Waals surface area contributed by atoms with Crippen LogP contribution in [-0.2, 0) is 9.53 Å². The first-order valence-corrected chi connectivity index (χ1v) is 6.66. The number of rotatable bonds is 5. The summed E-state index contributed by atoms with van der Waals surface area (Å²) in [4.78, 5) is 24.7. The third-order valence-corrected chi connectivity index (χ3v) is 3.50. The smallest absolute Gasteiger partial charge is 0.317 e. The average Bonchev–Trinajstić information content (AvgIpc) is 2.75. The van der Waals surface area contributed by atoms with Crippen LogP contribution in [-0.4, -0.2) is 54.4 Å². The van der Waals surface area contributed by atoms with Crippen molar-refractivity contribution in [1.29, 1.82) is 0 Å². The Bertz CT molecular complexity index is 333. The first kappa shape index (κ1) is 15.8. The van der Waals surface area contributed by atoms with Crippen LogP contribution >= 0.6 is 0 Å². The van der Waals surface area contributed by atoms with E-state index in [-0.39, 0.29) is 25.3 Å². The predicted octanol–water partition coefficient (Wildman–Crippen LogP) is 1.16. The number of carbonyl (C=O) groups is 2. The normalized spacial score (nSPS) is 24.3. The quantitative estimate of drug-likeness (QED) is 0.787. The third kappa shape index (κ3) is 4.38. The molecule has 1 fully saturated rings. The van der Waals surface area contributed by atoms with E-state index in [9.17, 15) is 9.59 Å². The number of carbonyl (C=O) groups excluding carboxylic acids is 1. The van der Waals surface area contributed by atoms with Crippen molar-refractivity contribution in [2.24, 2.45) is 11.8 Å². The van der Waals surface area contributed by atoms with E-state index in [1.807, 2.05) is 6.92 Å². The van der Waals surface area contributed by atoms with Crippen molar-refractivity contribution >= 4 is 12.0 Å². The lowest BCUT2D eigenvalue weighted by atomic mass is 10.0. The molecular weight excluding hydrogens is 248 g/mol. The van der Waals surface area contributed by atoms with E-state index in [0.29, 0.717) is 5.92 Å². The summed E-state index contributed by atoms with van der Waals surface area (Å²) in [5.74, 6) is -1.08. The highest BCUT2D eigenvalue weighted by atomic mass is 16.5. The number of hydrogen-bond donors (Lipinski definition) is 2. The van der Waals surface area contributed by atoms with Gasteiger partial charge in [-0.1, -0.05) is 13.8 Å². The van der Waals surface area contributed by atoms with Gasteiger partial charge >= 0.3 is 12.0 Å². The van der Waals surface area contributed by atoms with Gasteiger partial charge in [0.05, 0.1) is 19.3 Å². The van der Waals surface area contributed by atoms with Gasteiger partial charge in [-0.15, -0.1) is 0 Å². The molecule has 0 aromatic carbocycles. The van der Waals surface area contributed by atoms with Gasteiger partial charge in [0.1, 0.15) is 5.92 Å². The van der Waals surface area contributed by atoms with Crippen molar-refractivity contribution in [1.82, 2.24) is 10.2 Å². The molecule has 0 spiro atoms. The molecule has 1 rings (SSSR count). The lowest BCUT2D eigenvalue weighted by Crippen LogP contribution is -2.50. The monoisotopic (exact) mass is 272 g/mol. The van der Waals surface area contributed by atoms with Crippen molar-refractivity contribution < 1.29 is 19.4 Å². The largest absolute Gasteiger partial charge is 0.481 e. The van der Waals surface area contributed by atoms with Gasteiger partial charge in [-0.3, -0.25) is 4.79 Å². The molecule has 0 aliphatic carbocycles. The standard InChI is InChI=1S/C13H24N2O4/c1-8(2)5-9(3)15(4)13(18)14-11-7-19-6-10(11)12(16)17/h8-11H,5-7H2,1-4H3,(H,14,18)(H,16,17). The van der Waals surface area contributed by atoms with Gasteiger partial charge in [-0.2, -0.15) is 0 Å². The molecule has 0 aromatic heterocycles. The van der Waals surface area contributed by atoms with E-state index in [1.54, 1.807) is 11.9 Å². The van der Waals surface area contributed by atoms with Crippen LogP contribution < -0.4 is 5.32 Å². The zero-order chi connectivity index (χ0) is 14.6. The van der Waals surface area contributed by atoms with Gasteiger partial charge in [0.2, 0.25) is 0 Å². The molecule has 2 N–H and O–H groups in total. The van der Waals surface area contributed by atoms with Crippen LogP contribution in [0.4, 0.5) is 4.79 Å². The maximum atomic E-state index is 12.1. The molecule has 1 saturated heterocycles. The molecule has 1 aliphatic rings. The fourth-order valence-electron chi connectivity index (χ4n) is 2.24. The Hall–Kier alpha value is -1.30. The molecule has 19 heavy (non-hydrogen) atoms. The van der Waals surface area contributed by atoms with Crippen LogP contribution in [0.5, 0.6) is 0 Å². The molecule has 6 heteroatoms. The highest BCUT2D eigenvalue weighted by Crippen LogP contribution is 2.15. The molecule has 0 aromatic rings. The summed E-state index contributed by atoms with van der Waals surface area (Å²) >= 11 is 0. The Labute approximate surface area is 114 Å². The molecule has 0 saturated carbocycles. The molecule has 110 valence electrons. The summed E-state index contributed by atoms with van der Waals surface area (Å²) in [6.07, 6.45) is 0.910. The zero-order valence-electron chi connectivity index (χ0n) is 12.0. The van der Waals surface area contributed by atoms with Gasteiger partial charge in [0.25, 0.3) is 0 Å². The molecular formula is C13H24N2O4. The van der Waals surface area contributed by atoms with E-state index in [4.69, 9.17) is 9.84 Å². The predicted molar refractivity (Wildman–Crippen MR) is 70.9 cm³/mol. The first-order chi connectivity index (χ1) is 8.82. The Morgan fingerprint density at radius 1 is 1.37 bits per heavy atom. The molecule has 3 atom stereocenters. The molecule has 0 radical (unpaired) electrons. The molecule has 6 nitrogen and oxygen atoms in total. The van der Waals surface area contributed by atoms with E-state index >= 15 is 0 Å². The van der Waals surface area contributed by atoms with Crippen LogP contribution in [0.15, 0.2) is 0 Å². The lowest BCUT2D eigenvalue weighted by Gasteiger charge is -2.28. The number of nitrogens with one attached hydrogen (secondary N) is 1. The fraction of sp³-hybridized carbons (Fsp3) is 0.846. The average molecular weight is 272 g/mol. The number of amides is 2. The van der Waals surface area contributed by atoms with Crippen molar-refractivity contribution in [2.45, 2.75) is 39.3 Å². The minimum absolute atomic E-state index is 0.116. The van der Waals surface area contributed by atoms with Crippen LogP contribution in [0.2, 0.25) is 0 Å². The molecule has 1 aliphatic heterocycles. The Balaban J connectivity index is 2.52. The Morgan fingerprint density at radius 2 is 2.00 bits per heavy atom. The zero-order valence-corrected chi connectivity index (χ0v) is 12.0. The van der Waals surface area contributed by atoms with Gasteiger partial charge < -0.3 is 20.1 Å². The van der Waals surface area contributed by atoms with E-state index in [1.165, 1.54) is 0 Å². The van der Waals surface area contributed by atoms with Crippen molar-refractivity contribution in [2.75, 3.05) is 20.3 Å².